The van der Waals surface area contributed by atoms with Gasteiger partial charge in [0.1, 0.15) is 30.9 Å². The molecule has 0 spiro atoms. The first kappa shape index (κ1) is 16.4. The molecule has 1 unspecified atom stereocenters. The largest absolute Gasteiger partial charge is 0.491 e. The van der Waals surface area contributed by atoms with Crippen LogP contribution in [0.25, 0.3) is 0 Å². The van der Waals surface area contributed by atoms with Crippen LogP contribution in [0, 0.1) is 11.3 Å². The van der Waals surface area contributed by atoms with Gasteiger partial charge in [-0.05, 0) is 19.1 Å². The quantitative estimate of drug-likeness (QED) is 0.802. The second-order valence-corrected chi connectivity index (χ2v) is 5.59. The number of hydrogen-bond acceptors (Lipinski definition) is 6. The van der Waals surface area contributed by atoms with Crippen LogP contribution in [0.5, 0.6) is 5.75 Å². The van der Waals surface area contributed by atoms with Crippen molar-refractivity contribution in [3.05, 3.63) is 42.0 Å². The summed E-state index contributed by atoms with van der Waals surface area (Å²) in [6.07, 6.45) is 1.67. The lowest BCUT2D eigenvalue weighted by molar-refractivity contribution is -0.0387. The first-order chi connectivity index (χ1) is 11.8. The van der Waals surface area contributed by atoms with Crippen molar-refractivity contribution in [2.75, 3.05) is 32.8 Å². The van der Waals surface area contributed by atoms with Gasteiger partial charge in [-0.1, -0.05) is 12.1 Å². The summed E-state index contributed by atoms with van der Waals surface area (Å²) in [5.74, 6) is 1.51. The van der Waals surface area contributed by atoms with Crippen LogP contribution in [0.2, 0.25) is 0 Å². The van der Waals surface area contributed by atoms with Crippen LogP contribution in [0.1, 0.15) is 24.4 Å². The monoisotopic (exact) mass is 327 g/mol. The zero-order valence-electron chi connectivity index (χ0n) is 13.8. The van der Waals surface area contributed by atoms with E-state index in [4.69, 9.17) is 14.7 Å². The van der Waals surface area contributed by atoms with Crippen LogP contribution >= 0.6 is 0 Å². The number of rotatable bonds is 6. The third kappa shape index (κ3) is 3.72. The van der Waals surface area contributed by atoms with E-state index in [2.05, 4.69) is 28.1 Å². The van der Waals surface area contributed by atoms with Gasteiger partial charge in [0.25, 0.3) is 0 Å². The van der Waals surface area contributed by atoms with Gasteiger partial charge in [0, 0.05) is 26.2 Å². The predicted molar refractivity (Wildman–Crippen MR) is 87.5 cm³/mol. The normalized spacial score (nSPS) is 18.2. The minimum atomic E-state index is -0.0624. The van der Waals surface area contributed by atoms with Crippen LogP contribution in [0.3, 0.4) is 0 Å². The van der Waals surface area contributed by atoms with E-state index in [1.165, 1.54) is 0 Å². The SMILES string of the molecule is CCn1cnnc1C1CN(CCOc2ccccc2C#N)CCO1. The molecule has 0 radical (unpaired) electrons. The van der Waals surface area contributed by atoms with Gasteiger partial charge in [0.15, 0.2) is 5.82 Å². The third-order valence-corrected chi connectivity index (χ3v) is 4.10. The van der Waals surface area contributed by atoms with E-state index in [1.807, 2.05) is 22.8 Å². The molecule has 0 bridgehead atoms. The van der Waals surface area contributed by atoms with Gasteiger partial charge in [0.05, 0.1) is 12.2 Å². The molecule has 7 heteroatoms. The number of ether oxygens (including phenoxy) is 2. The highest BCUT2D eigenvalue weighted by atomic mass is 16.5. The van der Waals surface area contributed by atoms with E-state index < -0.39 is 0 Å². The Hall–Kier alpha value is -2.43. The number of benzene rings is 1. The summed E-state index contributed by atoms with van der Waals surface area (Å²) >= 11 is 0. The molecular formula is C17H21N5O2. The minimum Gasteiger partial charge on any atom is -0.491 e. The van der Waals surface area contributed by atoms with Crippen molar-refractivity contribution in [3.8, 4) is 11.8 Å². The molecule has 1 atom stereocenters. The van der Waals surface area contributed by atoms with Crippen LogP contribution in [-0.4, -0.2) is 52.5 Å². The molecule has 1 aromatic heterocycles. The number of aromatic nitrogens is 3. The topological polar surface area (TPSA) is 76.2 Å². The Kier molecular flexibility index (Phi) is 5.41. The average Bonchev–Trinajstić information content (AvgIpc) is 3.11. The Balaban J connectivity index is 1.54. The van der Waals surface area contributed by atoms with Crippen molar-refractivity contribution in [2.45, 2.75) is 19.6 Å². The fourth-order valence-electron chi connectivity index (χ4n) is 2.79. The zero-order valence-corrected chi connectivity index (χ0v) is 13.8. The molecule has 0 N–H and O–H groups in total. The maximum atomic E-state index is 9.08. The second-order valence-electron chi connectivity index (χ2n) is 5.59. The Morgan fingerprint density at radius 1 is 1.42 bits per heavy atom. The molecule has 2 aromatic rings. The summed E-state index contributed by atoms with van der Waals surface area (Å²) in [5, 5.41) is 17.2. The fraction of sp³-hybridized carbons (Fsp3) is 0.471. The van der Waals surface area contributed by atoms with E-state index in [0.29, 0.717) is 24.5 Å². The van der Waals surface area contributed by atoms with Crippen molar-refractivity contribution in [3.63, 3.8) is 0 Å². The first-order valence-corrected chi connectivity index (χ1v) is 8.15. The second kappa shape index (κ2) is 7.90. The van der Waals surface area contributed by atoms with Crippen molar-refractivity contribution in [1.82, 2.24) is 19.7 Å². The summed E-state index contributed by atoms with van der Waals surface area (Å²) in [7, 11) is 0. The summed E-state index contributed by atoms with van der Waals surface area (Å²) in [4.78, 5) is 2.29. The van der Waals surface area contributed by atoms with Crippen molar-refractivity contribution < 1.29 is 9.47 Å². The Bertz CT molecular complexity index is 709. The van der Waals surface area contributed by atoms with Gasteiger partial charge < -0.3 is 14.0 Å². The lowest BCUT2D eigenvalue weighted by atomic mass is 10.2. The molecule has 0 aliphatic carbocycles. The van der Waals surface area contributed by atoms with Gasteiger partial charge in [-0.3, -0.25) is 4.90 Å². The Morgan fingerprint density at radius 2 is 2.29 bits per heavy atom. The van der Waals surface area contributed by atoms with Gasteiger partial charge in [0.2, 0.25) is 0 Å². The highest BCUT2D eigenvalue weighted by Crippen LogP contribution is 2.21. The number of aryl methyl sites for hydroxylation is 1. The van der Waals surface area contributed by atoms with Crippen molar-refractivity contribution in [2.24, 2.45) is 0 Å². The summed E-state index contributed by atoms with van der Waals surface area (Å²) in [6.45, 7) is 6.49. The van der Waals surface area contributed by atoms with Crippen LogP contribution in [0.4, 0.5) is 0 Å². The third-order valence-electron chi connectivity index (χ3n) is 4.10. The number of nitriles is 1. The predicted octanol–water partition coefficient (Wildman–Crippen LogP) is 1.62. The molecule has 24 heavy (non-hydrogen) atoms. The van der Waals surface area contributed by atoms with E-state index in [0.717, 1.165) is 32.0 Å². The first-order valence-electron chi connectivity index (χ1n) is 8.15. The van der Waals surface area contributed by atoms with Gasteiger partial charge in [-0.2, -0.15) is 5.26 Å². The molecule has 1 aliphatic rings. The molecule has 2 heterocycles. The molecular weight excluding hydrogens is 306 g/mol. The van der Waals surface area contributed by atoms with Crippen LogP contribution in [0.15, 0.2) is 30.6 Å². The molecule has 1 saturated heterocycles. The molecule has 0 saturated carbocycles. The smallest absolute Gasteiger partial charge is 0.163 e. The van der Waals surface area contributed by atoms with E-state index >= 15 is 0 Å². The van der Waals surface area contributed by atoms with Crippen LogP contribution in [-0.2, 0) is 11.3 Å². The van der Waals surface area contributed by atoms with Crippen LogP contribution < -0.4 is 4.74 Å². The fourth-order valence-corrected chi connectivity index (χ4v) is 2.79. The molecule has 1 fully saturated rings. The van der Waals surface area contributed by atoms with Gasteiger partial charge in [-0.25, -0.2) is 0 Å². The lowest BCUT2D eigenvalue weighted by Gasteiger charge is -2.32. The number of hydrogen-bond donors (Lipinski definition) is 0. The lowest BCUT2D eigenvalue weighted by Crippen LogP contribution is -2.41. The van der Waals surface area contributed by atoms with E-state index in [9.17, 15) is 0 Å². The maximum absolute atomic E-state index is 9.08. The highest BCUT2D eigenvalue weighted by molar-refractivity contribution is 5.42. The van der Waals surface area contributed by atoms with E-state index in [1.54, 1.807) is 12.4 Å². The summed E-state index contributed by atoms with van der Waals surface area (Å²) in [5.41, 5.74) is 0.563. The summed E-state index contributed by atoms with van der Waals surface area (Å²) < 4.78 is 13.6. The van der Waals surface area contributed by atoms with Gasteiger partial charge in [-0.15, -0.1) is 10.2 Å². The average molecular weight is 327 g/mol. The minimum absolute atomic E-state index is 0.0624. The Labute approximate surface area is 141 Å². The van der Waals surface area contributed by atoms with Crippen molar-refractivity contribution >= 4 is 0 Å². The maximum Gasteiger partial charge on any atom is 0.163 e. The summed E-state index contributed by atoms with van der Waals surface area (Å²) in [6, 6.07) is 9.44. The molecule has 1 aromatic carbocycles. The number of para-hydroxylation sites is 1. The molecule has 7 nitrogen and oxygen atoms in total. The van der Waals surface area contributed by atoms with Crippen molar-refractivity contribution in [1.29, 1.82) is 5.26 Å². The molecule has 3 rings (SSSR count). The number of nitrogens with zero attached hydrogens (tertiary/aromatic N) is 5. The zero-order chi connectivity index (χ0) is 16.8. The Morgan fingerprint density at radius 3 is 3.12 bits per heavy atom. The molecule has 126 valence electrons. The number of morpholine rings is 1. The van der Waals surface area contributed by atoms with Gasteiger partial charge >= 0.3 is 0 Å². The molecule has 1 aliphatic heterocycles. The van der Waals surface area contributed by atoms with E-state index in [-0.39, 0.29) is 6.10 Å². The standard InChI is InChI=1S/C17H21N5O2/c1-2-22-13-19-20-17(22)16-12-21(8-10-24-16)7-9-23-15-6-4-3-5-14(15)11-18/h3-6,13,16H,2,7-10,12H2,1H3. The molecule has 0 amide bonds. The highest BCUT2D eigenvalue weighted by Gasteiger charge is 2.25.